The van der Waals surface area contributed by atoms with Gasteiger partial charge in [-0.15, -0.1) is 22.0 Å². The van der Waals surface area contributed by atoms with Crippen molar-refractivity contribution in [1.29, 1.82) is 0 Å². The lowest BCUT2D eigenvalue weighted by atomic mass is 10.1. The van der Waals surface area contributed by atoms with E-state index in [1.165, 1.54) is 51.8 Å². The number of aromatic nitrogens is 4. The number of hydrogen-bond donors (Lipinski definition) is 2. The number of carbonyl (C=O) groups is 2. The van der Waals surface area contributed by atoms with E-state index >= 15 is 0 Å². The average Bonchev–Trinajstić information content (AvgIpc) is 3.79. The van der Waals surface area contributed by atoms with E-state index in [2.05, 4.69) is 20.6 Å². The highest BCUT2D eigenvalue weighted by atomic mass is 32.2. The molecule has 0 atom stereocenters. The van der Waals surface area contributed by atoms with Gasteiger partial charge in [0, 0.05) is 66.8 Å². The first-order valence-corrected chi connectivity index (χ1v) is 21.8. The van der Waals surface area contributed by atoms with Crippen LogP contribution >= 0.6 is 11.8 Å². The number of sulfonamides is 1. The molecule has 63 heavy (non-hydrogen) atoms. The number of amides is 2. The number of alkyl halides is 3. The second-order valence-electron chi connectivity index (χ2n) is 13.9. The summed E-state index contributed by atoms with van der Waals surface area (Å²) in [5.74, 6) is -0.240. The number of hydrogen-bond acceptors (Lipinski definition) is 13. The molecule has 326 valence electrons. The molecule has 1 fully saturated rings. The molecule has 0 unspecified atom stereocenters. The molecule has 4 aromatic carbocycles. The van der Waals surface area contributed by atoms with Gasteiger partial charge in [0.1, 0.15) is 11.4 Å². The van der Waals surface area contributed by atoms with Gasteiger partial charge in [-0.2, -0.15) is 18.3 Å². The van der Waals surface area contributed by atoms with Crippen molar-refractivity contribution in [3.63, 3.8) is 0 Å². The molecule has 0 bridgehead atoms. The molecular formula is C42H38F3N9O7S2. The lowest BCUT2D eigenvalue weighted by molar-refractivity contribution is -0.384. The highest BCUT2D eigenvalue weighted by Gasteiger charge is 2.33. The van der Waals surface area contributed by atoms with Crippen molar-refractivity contribution in [2.75, 3.05) is 55.3 Å². The van der Waals surface area contributed by atoms with E-state index in [0.29, 0.717) is 36.0 Å². The molecule has 16 nitrogen and oxygen atoms in total. The Labute approximate surface area is 363 Å². The first-order valence-electron chi connectivity index (χ1n) is 19.3. The maximum atomic E-state index is 14.1. The van der Waals surface area contributed by atoms with E-state index in [1.54, 1.807) is 29.3 Å². The number of carbonyl (C=O) groups excluding carboxylic acids is 2. The molecule has 6 aromatic rings. The number of nitrogens with zero attached hydrogens (tertiary/aromatic N) is 7. The van der Waals surface area contributed by atoms with E-state index in [0.717, 1.165) is 34.7 Å². The van der Waals surface area contributed by atoms with E-state index in [4.69, 9.17) is 4.74 Å². The summed E-state index contributed by atoms with van der Waals surface area (Å²) in [6.07, 6.45) is -1.66. The molecule has 0 saturated carbocycles. The molecule has 3 heterocycles. The monoisotopic (exact) mass is 901 g/mol. The van der Waals surface area contributed by atoms with Crippen LogP contribution in [-0.4, -0.2) is 95.1 Å². The number of rotatable bonds is 15. The van der Waals surface area contributed by atoms with Gasteiger partial charge < -0.3 is 19.9 Å². The van der Waals surface area contributed by atoms with E-state index in [9.17, 15) is 41.3 Å². The first kappa shape index (κ1) is 44.1. The van der Waals surface area contributed by atoms with Crippen molar-refractivity contribution in [3.05, 3.63) is 142 Å². The maximum Gasteiger partial charge on any atom is 0.416 e. The van der Waals surface area contributed by atoms with Gasteiger partial charge in [-0.1, -0.05) is 30.3 Å². The van der Waals surface area contributed by atoms with Crippen LogP contribution in [0.15, 0.2) is 125 Å². The number of nitro groups is 1. The minimum absolute atomic E-state index is 0.0442. The van der Waals surface area contributed by atoms with Crippen LogP contribution in [0.2, 0.25) is 0 Å². The standard InChI is InChI=1S/C42H38F3N9O7S2/c1-2-61-33-8-6-7-28(23-33)30-26-47-53(27-30)32-22-29(21-31(24-32)42(43,44)45)41(56)52-18-16-51(17-19-52)39-14-13-37(48-49-39)40(55)50-63(59,60)35-11-12-36(38(25-35)54(57)58)46-15-20-62-34-9-4-3-5-10-34/h3-14,21-27,46H,2,15-20H2,1H3,(H,50,55). The van der Waals surface area contributed by atoms with Crippen LogP contribution in [0.3, 0.4) is 0 Å². The van der Waals surface area contributed by atoms with Crippen molar-refractivity contribution < 1.29 is 40.8 Å². The third kappa shape index (κ3) is 10.7. The molecule has 1 aliphatic heterocycles. The third-order valence-corrected chi connectivity index (χ3v) is 12.1. The molecular weight excluding hydrogens is 864 g/mol. The highest BCUT2D eigenvalue weighted by Crippen LogP contribution is 2.33. The van der Waals surface area contributed by atoms with Gasteiger partial charge in [-0.05, 0) is 79.2 Å². The van der Waals surface area contributed by atoms with Crippen LogP contribution in [0.4, 0.5) is 30.4 Å². The summed E-state index contributed by atoms with van der Waals surface area (Å²) in [5.41, 5.74) is -0.514. The van der Waals surface area contributed by atoms with Crippen LogP contribution in [0.1, 0.15) is 33.3 Å². The summed E-state index contributed by atoms with van der Waals surface area (Å²) in [7, 11) is -4.58. The quantitative estimate of drug-likeness (QED) is 0.0466. The summed E-state index contributed by atoms with van der Waals surface area (Å²) in [6.45, 7) is 3.32. The van der Waals surface area contributed by atoms with Gasteiger partial charge in [0.25, 0.3) is 27.5 Å². The van der Waals surface area contributed by atoms with Gasteiger partial charge >= 0.3 is 6.18 Å². The molecule has 0 radical (unpaired) electrons. The van der Waals surface area contributed by atoms with Crippen LogP contribution < -0.4 is 19.7 Å². The molecule has 2 N–H and O–H groups in total. The summed E-state index contributed by atoms with van der Waals surface area (Å²) < 4.78 is 77.3. The van der Waals surface area contributed by atoms with Gasteiger partial charge in [0.05, 0.1) is 33.9 Å². The van der Waals surface area contributed by atoms with Crippen LogP contribution in [0.25, 0.3) is 16.8 Å². The number of piperazine rings is 1. The highest BCUT2D eigenvalue weighted by molar-refractivity contribution is 7.99. The molecule has 0 aliphatic carbocycles. The second-order valence-corrected chi connectivity index (χ2v) is 16.8. The van der Waals surface area contributed by atoms with E-state index in [1.807, 2.05) is 48.0 Å². The van der Waals surface area contributed by atoms with Crippen molar-refractivity contribution in [2.24, 2.45) is 0 Å². The average molecular weight is 902 g/mol. The zero-order valence-corrected chi connectivity index (χ0v) is 35.0. The Kier molecular flexibility index (Phi) is 13.3. The Morgan fingerprint density at radius 1 is 0.905 bits per heavy atom. The molecule has 2 aromatic heterocycles. The zero-order chi connectivity index (χ0) is 44.7. The fraction of sp³-hybridized carbons (Fsp3) is 0.214. The van der Waals surface area contributed by atoms with Gasteiger partial charge in [-0.25, -0.2) is 17.8 Å². The normalized spacial score (nSPS) is 13.1. The third-order valence-electron chi connectivity index (χ3n) is 9.72. The smallest absolute Gasteiger partial charge is 0.416 e. The van der Waals surface area contributed by atoms with Crippen LogP contribution in [-0.2, 0) is 16.2 Å². The minimum atomic E-state index is -4.75. The van der Waals surface area contributed by atoms with Gasteiger partial charge in [0.15, 0.2) is 11.5 Å². The van der Waals surface area contributed by atoms with Crippen molar-refractivity contribution in [1.82, 2.24) is 29.6 Å². The van der Waals surface area contributed by atoms with Gasteiger partial charge in [-0.3, -0.25) is 19.7 Å². The number of benzene rings is 4. The minimum Gasteiger partial charge on any atom is -0.494 e. The SMILES string of the molecule is CCOc1cccc(-c2cnn(-c3cc(C(=O)N4CCN(c5ccc(C(=O)NS(=O)(=O)c6ccc(NCCSc7ccccc7)c([N+](=O)[O-])c6)nn5)CC4)cc(C(F)(F)F)c3)c2)c1. The summed E-state index contributed by atoms with van der Waals surface area (Å²) in [4.78, 5) is 41.4. The number of ether oxygens (including phenoxy) is 1. The Morgan fingerprint density at radius 2 is 1.68 bits per heavy atom. The molecule has 0 spiro atoms. The summed E-state index contributed by atoms with van der Waals surface area (Å²) in [6, 6.07) is 25.8. The lowest BCUT2D eigenvalue weighted by Crippen LogP contribution is -2.49. The molecule has 21 heteroatoms. The Morgan fingerprint density at radius 3 is 2.38 bits per heavy atom. The predicted octanol–water partition coefficient (Wildman–Crippen LogP) is 6.94. The number of nitrogens with one attached hydrogen (secondary N) is 2. The fourth-order valence-electron chi connectivity index (χ4n) is 6.60. The Bertz CT molecular complexity index is 2730. The van der Waals surface area contributed by atoms with E-state index < -0.39 is 49.1 Å². The summed E-state index contributed by atoms with van der Waals surface area (Å²) in [5, 5.41) is 27.0. The zero-order valence-electron chi connectivity index (χ0n) is 33.4. The van der Waals surface area contributed by atoms with E-state index in [-0.39, 0.29) is 48.8 Å². The van der Waals surface area contributed by atoms with Crippen LogP contribution in [0, 0.1) is 10.1 Å². The lowest BCUT2D eigenvalue weighted by Gasteiger charge is -2.35. The maximum absolute atomic E-state index is 14.1. The predicted molar refractivity (Wildman–Crippen MR) is 229 cm³/mol. The first-order chi connectivity index (χ1) is 30.2. The van der Waals surface area contributed by atoms with Crippen LogP contribution in [0.5, 0.6) is 5.75 Å². The molecule has 1 aliphatic rings. The van der Waals surface area contributed by atoms with Crippen molar-refractivity contribution in [2.45, 2.75) is 22.9 Å². The van der Waals surface area contributed by atoms with Gasteiger partial charge in [0.2, 0.25) is 0 Å². The molecule has 1 saturated heterocycles. The topological polar surface area (TPSA) is 195 Å². The number of nitro benzene ring substituents is 1. The van der Waals surface area contributed by atoms with Crippen molar-refractivity contribution >= 4 is 50.8 Å². The van der Waals surface area contributed by atoms with Crippen molar-refractivity contribution in [3.8, 4) is 22.6 Å². The number of halogens is 3. The largest absolute Gasteiger partial charge is 0.494 e. The molecule has 7 rings (SSSR count). The number of thioether (sulfide) groups is 1. The fourth-order valence-corrected chi connectivity index (χ4v) is 8.37. The molecule has 2 amide bonds. The Balaban J connectivity index is 0.966. The Hall–Kier alpha value is -7.00. The second kappa shape index (κ2) is 18.9. The summed E-state index contributed by atoms with van der Waals surface area (Å²) >= 11 is 1.54. The number of anilines is 2.